The van der Waals surface area contributed by atoms with E-state index in [1.165, 1.54) is 0 Å². The number of halogens is 1. The van der Waals surface area contributed by atoms with Crippen LogP contribution in [0.5, 0.6) is 17.2 Å². The monoisotopic (exact) mass is 456 g/mol. The average molecular weight is 457 g/mol. The number of ether oxygens (including phenoxy) is 3. The van der Waals surface area contributed by atoms with Crippen LogP contribution < -0.4 is 14.2 Å². The Morgan fingerprint density at radius 1 is 1.06 bits per heavy atom. The highest BCUT2D eigenvalue weighted by Crippen LogP contribution is 2.45. The summed E-state index contributed by atoms with van der Waals surface area (Å²) >= 11 is 0. The van der Waals surface area contributed by atoms with Gasteiger partial charge in [-0.2, -0.15) is 5.26 Å². The lowest BCUT2D eigenvalue weighted by Crippen LogP contribution is -2.19. The Morgan fingerprint density at radius 3 is 2.44 bits per heavy atom. The summed E-state index contributed by atoms with van der Waals surface area (Å²) in [5, 5.41) is 14.1. The molecule has 1 aromatic heterocycles. The molecule has 32 heavy (non-hydrogen) atoms. The summed E-state index contributed by atoms with van der Waals surface area (Å²) in [5.41, 5.74) is 5.18. The van der Waals surface area contributed by atoms with E-state index in [1.54, 1.807) is 14.2 Å². The number of nitrogens with zero attached hydrogens (tertiary/aromatic N) is 3. The summed E-state index contributed by atoms with van der Waals surface area (Å²) in [6, 6.07) is 11.7. The van der Waals surface area contributed by atoms with Crippen LogP contribution in [-0.4, -0.2) is 63.7 Å². The van der Waals surface area contributed by atoms with Crippen LogP contribution in [0.3, 0.4) is 0 Å². The van der Waals surface area contributed by atoms with Crippen molar-refractivity contribution in [1.29, 1.82) is 5.26 Å². The first-order chi connectivity index (χ1) is 15.1. The molecule has 4 rings (SSSR count). The molecule has 0 amide bonds. The predicted molar refractivity (Wildman–Crippen MR) is 125 cm³/mol. The molecule has 1 heterocycles. The van der Waals surface area contributed by atoms with Gasteiger partial charge in [0.05, 0.1) is 19.9 Å². The number of rotatable bonds is 8. The molecule has 2 aromatic carbocycles. The third kappa shape index (κ3) is 4.17. The van der Waals surface area contributed by atoms with Gasteiger partial charge in [0.25, 0.3) is 0 Å². The Hall–Kier alpha value is -3.41. The fraction of sp³-hybridized carbons (Fsp3) is 0.304. The molecule has 0 saturated heterocycles. The fourth-order valence-corrected chi connectivity index (χ4v) is 3.69. The number of hydrogen-bond donors (Lipinski definition) is 1. The molecule has 8 nitrogen and oxygen atoms in total. The van der Waals surface area contributed by atoms with Crippen LogP contribution in [-0.2, 0) is 4.84 Å². The molecule has 0 fully saturated rings. The average Bonchev–Trinajstić information content (AvgIpc) is 3.27. The third-order valence-electron chi connectivity index (χ3n) is 5.15. The maximum absolute atomic E-state index is 8.86. The zero-order chi connectivity index (χ0) is 22.0. The van der Waals surface area contributed by atoms with Crippen LogP contribution in [0.2, 0.25) is 0 Å². The second-order valence-corrected chi connectivity index (χ2v) is 7.36. The van der Waals surface area contributed by atoms with Gasteiger partial charge in [0.2, 0.25) is 6.61 Å². The number of aromatic amines is 1. The summed E-state index contributed by atoms with van der Waals surface area (Å²) in [4.78, 5) is 10.8. The Labute approximate surface area is 192 Å². The minimum absolute atomic E-state index is 0. The topological polar surface area (TPSA) is 92.1 Å². The highest BCUT2D eigenvalue weighted by molar-refractivity contribution is 6.30. The first-order valence-corrected chi connectivity index (χ1v) is 9.84. The molecular formula is C23H25ClN4O4. The van der Waals surface area contributed by atoms with E-state index in [2.05, 4.69) is 15.0 Å². The van der Waals surface area contributed by atoms with Crippen molar-refractivity contribution < 1.29 is 19.0 Å². The van der Waals surface area contributed by atoms with Crippen LogP contribution in [0.4, 0.5) is 0 Å². The Kier molecular flexibility index (Phi) is 7.13. The maximum Gasteiger partial charge on any atom is 0.202 e. The van der Waals surface area contributed by atoms with E-state index in [-0.39, 0.29) is 19.0 Å². The maximum atomic E-state index is 8.86. The van der Waals surface area contributed by atoms with E-state index in [0.717, 1.165) is 45.6 Å². The highest BCUT2D eigenvalue weighted by Gasteiger charge is 2.32. The quantitative estimate of drug-likeness (QED) is 0.320. The number of nitriles is 1. The Balaban J connectivity index is 0.00000289. The van der Waals surface area contributed by atoms with Gasteiger partial charge < -0.3 is 28.9 Å². The van der Waals surface area contributed by atoms with Crippen LogP contribution in [0.15, 0.2) is 35.5 Å². The molecule has 0 spiro atoms. The zero-order valence-corrected chi connectivity index (χ0v) is 19.2. The molecule has 0 atom stereocenters. The molecule has 0 aliphatic heterocycles. The fourth-order valence-electron chi connectivity index (χ4n) is 3.69. The smallest absolute Gasteiger partial charge is 0.202 e. The van der Waals surface area contributed by atoms with E-state index >= 15 is 0 Å². The van der Waals surface area contributed by atoms with E-state index in [9.17, 15) is 0 Å². The molecule has 1 aliphatic rings. The number of fused-ring (bicyclic) bond motifs is 5. The molecule has 9 heteroatoms. The van der Waals surface area contributed by atoms with Crippen molar-refractivity contribution in [3.8, 4) is 34.6 Å². The zero-order valence-electron chi connectivity index (χ0n) is 18.4. The number of hydrogen-bond acceptors (Lipinski definition) is 7. The molecule has 0 radical (unpaired) electrons. The summed E-state index contributed by atoms with van der Waals surface area (Å²) < 4.78 is 16.9. The summed E-state index contributed by atoms with van der Waals surface area (Å²) in [7, 11) is 7.21. The van der Waals surface area contributed by atoms with Crippen molar-refractivity contribution in [1.82, 2.24) is 9.88 Å². The van der Waals surface area contributed by atoms with Gasteiger partial charge in [0.15, 0.2) is 11.5 Å². The number of nitrogens with one attached hydrogen (secondary N) is 1. The summed E-state index contributed by atoms with van der Waals surface area (Å²) in [5.74, 6) is 1.99. The van der Waals surface area contributed by atoms with E-state index in [1.807, 2.05) is 50.5 Å². The van der Waals surface area contributed by atoms with E-state index in [0.29, 0.717) is 23.8 Å². The lowest BCUT2D eigenvalue weighted by atomic mass is 10.1. The van der Waals surface area contributed by atoms with Crippen molar-refractivity contribution in [2.45, 2.75) is 0 Å². The molecule has 1 N–H and O–H groups in total. The van der Waals surface area contributed by atoms with Gasteiger partial charge in [-0.25, -0.2) is 0 Å². The normalized spacial score (nSPS) is 12.8. The van der Waals surface area contributed by atoms with Gasteiger partial charge in [-0.05, 0) is 44.4 Å². The molecule has 1 aliphatic carbocycles. The van der Waals surface area contributed by atoms with Crippen molar-refractivity contribution >= 4 is 29.0 Å². The number of H-pyrrole nitrogens is 1. The number of methoxy groups -OCH3 is 2. The minimum atomic E-state index is -0.136. The van der Waals surface area contributed by atoms with Crippen LogP contribution in [0.25, 0.3) is 22.2 Å². The SMILES string of the molecule is COc1cc2c(cc1OC)-c1[nH]c3ccc(OCCN(C)C)cc3c1C2=NOCC#N.Cl. The van der Waals surface area contributed by atoms with Crippen LogP contribution in [0.1, 0.15) is 11.1 Å². The van der Waals surface area contributed by atoms with E-state index in [4.69, 9.17) is 24.3 Å². The second-order valence-electron chi connectivity index (χ2n) is 7.36. The van der Waals surface area contributed by atoms with Crippen molar-refractivity contribution in [3.05, 3.63) is 41.5 Å². The summed E-state index contributed by atoms with van der Waals surface area (Å²) in [6.45, 7) is 1.28. The predicted octanol–water partition coefficient (Wildman–Crippen LogP) is 3.82. The molecule has 0 bridgehead atoms. The van der Waals surface area contributed by atoms with Crippen LogP contribution in [0, 0.1) is 11.3 Å². The van der Waals surface area contributed by atoms with Gasteiger partial charge in [0.1, 0.15) is 24.1 Å². The van der Waals surface area contributed by atoms with Crippen molar-refractivity contribution in [2.24, 2.45) is 5.16 Å². The lowest BCUT2D eigenvalue weighted by molar-refractivity contribution is 0.179. The van der Waals surface area contributed by atoms with E-state index < -0.39 is 0 Å². The summed E-state index contributed by atoms with van der Waals surface area (Å²) in [6.07, 6.45) is 0. The first kappa shape index (κ1) is 23.3. The van der Waals surface area contributed by atoms with Gasteiger partial charge >= 0.3 is 0 Å². The van der Waals surface area contributed by atoms with Gasteiger partial charge in [0, 0.05) is 34.1 Å². The second kappa shape index (κ2) is 9.81. The molecule has 0 unspecified atom stereocenters. The third-order valence-corrected chi connectivity index (χ3v) is 5.15. The molecular weight excluding hydrogens is 432 g/mol. The standard InChI is InChI=1S/C23H24N4O4.ClH/c1-27(2)8-10-30-14-5-6-18-17(11-14)21-22(25-18)15-12-19(28-3)20(29-4)13-16(15)23(21)26-31-9-7-24;/h5-6,11-13,25H,8-10H2,1-4H3;1H. The number of benzene rings is 2. The number of aromatic nitrogens is 1. The van der Waals surface area contributed by atoms with Gasteiger partial charge in [-0.1, -0.05) is 5.16 Å². The first-order valence-electron chi connectivity index (χ1n) is 9.84. The van der Waals surface area contributed by atoms with Crippen LogP contribution >= 0.6 is 12.4 Å². The lowest BCUT2D eigenvalue weighted by Gasteiger charge is -2.12. The molecule has 3 aromatic rings. The highest BCUT2D eigenvalue weighted by atomic mass is 35.5. The van der Waals surface area contributed by atoms with Gasteiger partial charge in [-0.15, -0.1) is 12.4 Å². The number of likely N-dealkylation sites (N-methyl/N-ethyl adjacent to an activating group) is 1. The largest absolute Gasteiger partial charge is 0.493 e. The Bertz CT molecular complexity index is 1200. The molecule has 0 saturated carbocycles. The number of oxime groups is 1. The Morgan fingerprint density at radius 2 is 1.78 bits per heavy atom. The molecule has 168 valence electrons. The van der Waals surface area contributed by atoms with Crippen molar-refractivity contribution in [2.75, 3.05) is 48.1 Å². The minimum Gasteiger partial charge on any atom is -0.493 e. The van der Waals surface area contributed by atoms with Gasteiger partial charge in [-0.3, -0.25) is 0 Å². The van der Waals surface area contributed by atoms with Crippen molar-refractivity contribution in [3.63, 3.8) is 0 Å².